The average Bonchev–Trinajstić information content (AvgIpc) is 3.07. The highest BCUT2D eigenvalue weighted by Gasteiger charge is 2.29. The molecule has 0 radical (unpaired) electrons. The molecule has 1 saturated heterocycles. The van der Waals surface area contributed by atoms with E-state index >= 15 is 0 Å². The molecule has 1 aromatic heterocycles. The molecule has 5 heteroatoms. The van der Waals surface area contributed by atoms with Crippen molar-refractivity contribution >= 4 is 11.6 Å². The van der Waals surface area contributed by atoms with Gasteiger partial charge < -0.3 is 14.8 Å². The lowest BCUT2D eigenvalue weighted by Gasteiger charge is -2.25. The molecule has 22 heavy (non-hydrogen) atoms. The molecule has 0 spiro atoms. The Morgan fingerprint density at radius 3 is 2.77 bits per heavy atom. The van der Waals surface area contributed by atoms with E-state index in [1.807, 2.05) is 36.5 Å². The summed E-state index contributed by atoms with van der Waals surface area (Å²) in [7, 11) is 1.65. The molecule has 116 valence electrons. The van der Waals surface area contributed by atoms with Gasteiger partial charge in [-0.3, -0.25) is 4.98 Å². The Morgan fingerprint density at radius 1 is 1.27 bits per heavy atom. The van der Waals surface area contributed by atoms with Crippen LogP contribution in [0.15, 0.2) is 42.7 Å². The highest BCUT2D eigenvalue weighted by Crippen LogP contribution is 2.36. The summed E-state index contributed by atoms with van der Waals surface area (Å²) in [5, 5.41) is 4.01. The minimum atomic E-state index is -0.0995. The molecule has 1 aliphatic heterocycles. The van der Waals surface area contributed by atoms with Crippen LogP contribution in [0, 0.1) is 5.92 Å². The Balaban J connectivity index is 1.91. The normalized spacial score (nSPS) is 18.9. The first kappa shape index (κ1) is 15.1. The van der Waals surface area contributed by atoms with Gasteiger partial charge in [0.25, 0.3) is 0 Å². The van der Waals surface area contributed by atoms with Gasteiger partial charge in [-0.15, -0.1) is 0 Å². The van der Waals surface area contributed by atoms with E-state index < -0.39 is 0 Å². The lowest BCUT2D eigenvalue weighted by Crippen LogP contribution is -2.21. The predicted molar refractivity (Wildman–Crippen MR) is 86.6 cm³/mol. The number of nitrogens with zero attached hydrogens (tertiary/aromatic N) is 1. The standard InChI is InChI=1S/C17H19ClN2O2/c1-21-15-4-2-3-5-16(15)22-17(12-6-7-19-9-12)13-8-14(18)11-20-10-13/h2-5,8,10-12,17,19H,6-7,9H2,1H3/t12-,17+/m1/s1. The minimum Gasteiger partial charge on any atom is -0.493 e. The van der Waals surface area contributed by atoms with Crippen LogP contribution in [0.1, 0.15) is 18.1 Å². The van der Waals surface area contributed by atoms with Crippen molar-refractivity contribution in [3.8, 4) is 11.5 Å². The molecule has 1 fully saturated rings. The van der Waals surface area contributed by atoms with Crippen LogP contribution in [0.3, 0.4) is 0 Å². The summed E-state index contributed by atoms with van der Waals surface area (Å²) >= 11 is 6.10. The molecule has 2 aromatic rings. The molecular formula is C17H19ClN2O2. The maximum atomic E-state index is 6.30. The van der Waals surface area contributed by atoms with Crippen molar-refractivity contribution in [2.75, 3.05) is 20.2 Å². The van der Waals surface area contributed by atoms with Crippen LogP contribution in [0.4, 0.5) is 0 Å². The quantitative estimate of drug-likeness (QED) is 0.916. The number of benzene rings is 1. The van der Waals surface area contributed by atoms with Gasteiger partial charge in [-0.2, -0.15) is 0 Å². The maximum Gasteiger partial charge on any atom is 0.162 e. The van der Waals surface area contributed by atoms with E-state index in [0.717, 1.165) is 36.6 Å². The van der Waals surface area contributed by atoms with E-state index in [4.69, 9.17) is 21.1 Å². The second-order valence-corrected chi connectivity index (χ2v) is 5.82. The average molecular weight is 319 g/mol. The molecule has 0 bridgehead atoms. The monoisotopic (exact) mass is 318 g/mol. The van der Waals surface area contributed by atoms with Crippen LogP contribution in [0.5, 0.6) is 11.5 Å². The summed E-state index contributed by atoms with van der Waals surface area (Å²) < 4.78 is 11.7. The van der Waals surface area contributed by atoms with Crippen LogP contribution in [-0.2, 0) is 0 Å². The molecule has 4 nitrogen and oxygen atoms in total. The number of hydrogen-bond acceptors (Lipinski definition) is 4. The minimum absolute atomic E-state index is 0.0995. The third kappa shape index (κ3) is 3.34. The first-order valence-corrected chi connectivity index (χ1v) is 7.76. The lowest BCUT2D eigenvalue weighted by molar-refractivity contribution is 0.139. The van der Waals surface area contributed by atoms with E-state index in [-0.39, 0.29) is 6.10 Å². The SMILES string of the molecule is COc1ccccc1O[C@H](c1cncc(Cl)c1)[C@@H]1CCNC1. The number of ether oxygens (including phenoxy) is 2. The Kier molecular flexibility index (Phi) is 4.80. The molecule has 2 atom stereocenters. The van der Waals surface area contributed by atoms with Crippen LogP contribution in [-0.4, -0.2) is 25.2 Å². The van der Waals surface area contributed by atoms with Crippen LogP contribution in [0.25, 0.3) is 0 Å². The van der Waals surface area contributed by atoms with E-state index in [9.17, 15) is 0 Å². The number of nitrogens with one attached hydrogen (secondary N) is 1. The zero-order valence-corrected chi connectivity index (χ0v) is 13.2. The summed E-state index contributed by atoms with van der Waals surface area (Å²) in [6.07, 6.45) is 4.42. The summed E-state index contributed by atoms with van der Waals surface area (Å²) in [6, 6.07) is 9.62. The van der Waals surface area contributed by atoms with E-state index in [1.165, 1.54) is 0 Å². The highest BCUT2D eigenvalue weighted by molar-refractivity contribution is 6.30. The summed E-state index contributed by atoms with van der Waals surface area (Å²) in [5.74, 6) is 1.85. The van der Waals surface area contributed by atoms with Crippen LogP contribution in [0.2, 0.25) is 5.02 Å². The zero-order valence-electron chi connectivity index (χ0n) is 12.5. The largest absolute Gasteiger partial charge is 0.493 e. The predicted octanol–water partition coefficient (Wildman–Crippen LogP) is 3.47. The van der Waals surface area contributed by atoms with E-state index in [0.29, 0.717) is 10.9 Å². The van der Waals surface area contributed by atoms with Crippen LogP contribution < -0.4 is 14.8 Å². The number of hydrogen-bond donors (Lipinski definition) is 1. The third-order valence-electron chi connectivity index (χ3n) is 3.90. The first-order chi connectivity index (χ1) is 10.8. The first-order valence-electron chi connectivity index (χ1n) is 7.39. The van der Waals surface area contributed by atoms with Gasteiger partial charge in [0.05, 0.1) is 12.1 Å². The van der Waals surface area contributed by atoms with Gasteiger partial charge in [0.1, 0.15) is 6.10 Å². The summed E-state index contributed by atoms with van der Waals surface area (Å²) in [4.78, 5) is 4.20. The van der Waals surface area contributed by atoms with Gasteiger partial charge in [0.15, 0.2) is 11.5 Å². The van der Waals surface area contributed by atoms with Crippen molar-refractivity contribution in [2.24, 2.45) is 5.92 Å². The Bertz CT molecular complexity index is 630. The van der Waals surface area contributed by atoms with Crippen molar-refractivity contribution in [3.05, 3.63) is 53.3 Å². The highest BCUT2D eigenvalue weighted by atomic mass is 35.5. The van der Waals surface area contributed by atoms with Gasteiger partial charge in [-0.1, -0.05) is 23.7 Å². The molecule has 3 rings (SSSR count). The van der Waals surface area contributed by atoms with Crippen molar-refractivity contribution in [1.29, 1.82) is 0 Å². The van der Waals surface area contributed by atoms with Gasteiger partial charge in [-0.05, 0) is 31.2 Å². The molecule has 1 aliphatic rings. The Hall–Kier alpha value is -1.78. The van der Waals surface area contributed by atoms with Gasteiger partial charge in [-0.25, -0.2) is 0 Å². The van der Waals surface area contributed by atoms with Crippen molar-refractivity contribution in [3.63, 3.8) is 0 Å². The molecule has 0 unspecified atom stereocenters. The Labute approximate surface area is 135 Å². The second kappa shape index (κ2) is 6.99. The maximum absolute atomic E-state index is 6.30. The van der Waals surface area contributed by atoms with Gasteiger partial charge in [0, 0.05) is 30.4 Å². The fraction of sp³-hybridized carbons (Fsp3) is 0.353. The Morgan fingerprint density at radius 2 is 2.09 bits per heavy atom. The number of pyridine rings is 1. The van der Waals surface area contributed by atoms with Crippen molar-refractivity contribution in [2.45, 2.75) is 12.5 Å². The van der Waals surface area contributed by atoms with Crippen molar-refractivity contribution in [1.82, 2.24) is 10.3 Å². The van der Waals surface area contributed by atoms with E-state index in [2.05, 4.69) is 10.3 Å². The number of halogens is 1. The van der Waals surface area contributed by atoms with Crippen LogP contribution >= 0.6 is 11.6 Å². The fourth-order valence-electron chi connectivity index (χ4n) is 2.81. The van der Waals surface area contributed by atoms with Crippen molar-refractivity contribution < 1.29 is 9.47 Å². The number of para-hydroxylation sites is 2. The zero-order chi connectivity index (χ0) is 15.4. The molecule has 0 saturated carbocycles. The summed E-state index contributed by atoms with van der Waals surface area (Å²) in [6.45, 7) is 1.93. The third-order valence-corrected chi connectivity index (χ3v) is 4.11. The van der Waals surface area contributed by atoms with Gasteiger partial charge in [0.2, 0.25) is 0 Å². The smallest absolute Gasteiger partial charge is 0.162 e. The topological polar surface area (TPSA) is 43.4 Å². The number of rotatable bonds is 5. The molecule has 1 N–H and O–H groups in total. The fourth-order valence-corrected chi connectivity index (χ4v) is 2.99. The second-order valence-electron chi connectivity index (χ2n) is 5.38. The number of methoxy groups -OCH3 is 1. The molecule has 2 heterocycles. The molecule has 0 amide bonds. The number of aromatic nitrogens is 1. The molecule has 1 aromatic carbocycles. The lowest BCUT2D eigenvalue weighted by atomic mass is 9.96. The molecular weight excluding hydrogens is 300 g/mol. The summed E-state index contributed by atoms with van der Waals surface area (Å²) in [5.41, 5.74) is 0.993. The van der Waals surface area contributed by atoms with Gasteiger partial charge >= 0.3 is 0 Å². The van der Waals surface area contributed by atoms with E-state index in [1.54, 1.807) is 13.3 Å². The molecule has 0 aliphatic carbocycles.